The Labute approximate surface area is 112 Å². The van der Waals surface area contributed by atoms with Gasteiger partial charge in [-0.1, -0.05) is 0 Å². The van der Waals surface area contributed by atoms with Gasteiger partial charge in [0.2, 0.25) is 0 Å². The molecule has 0 aliphatic carbocycles. The molecule has 0 saturated carbocycles. The van der Waals surface area contributed by atoms with Gasteiger partial charge in [0.1, 0.15) is 0 Å². The van der Waals surface area contributed by atoms with Crippen molar-refractivity contribution in [3.05, 3.63) is 46.7 Å². The lowest BCUT2D eigenvalue weighted by Crippen LogP contribution is -2.14. The van der Waals surface area contributed by atoms with Crippen molar-refractivity contribution in [3.63, 3.8) is 0 Å². The molecule has 0 saturated heterocycles. The van der Waals surface area contributed by atoms with Crippen LogP contribution in [0.2, 0.25) is 0 Å². The quantitative estimate of drug-likeness (QED) is 0.742. The monoisotopic (exact) mass is 306 g/mol. The van der Waals surface area contributed by atoms with Gasteiger partial charge in [0.15, 0.2) is 0 Å². The van der Waals surface area contributed by atoms with Crippen molar-refractivity contribution in [1.29, 1.82) is 0 Å². The van der Waals surface area contributed by atoms with Crippen LogP contribution < -0.4 is 16.8 Å². The lowest BCUT2D eigenvalue weighted by molar-refractivity contribution is 0.102. The van der Waals surface area contributed by atoms with Crippen molar-refractivity contribution in [1.82, 2.24) is 4.98 Å². The van der Waals surface area contributed by atoms with Crippen LogP contribution in [0.15, 0.2) is 41.1 Å². The van der Waals surface area contributed by atoms with Crippen LogP contribution in [-0.4, -0.2) is 10.9 Å². The Morgan fingerprint density at radius 3 is 2.67 bits per heavy atom. The number of aromatic nitrogens is 1. The summed E-state index contributed by atoms with van der Waals surface area (Å²) in [5.41, 5.74) is 13.1. The van der Waals surface area contributed by atoms with Crippen molar-refractivity contribution < 1.29 is 4.79 Å². The number of nitrogens with zero attached hydrogens (tertiary/aromatic N) is 1. The predicted molar refractivity (Wildman–Crippen MR) is 75.2 cm³/mol. The normalized spacial score (nSPS) is 10.1. The van der Waals surface area contributed by atoms with Crippen LogP contribution in [0.4, 0.5) is 17.1 Å². The van der Waals surface area contributed by atoms with E-state index in [2.05, 4.69) is 26.2 Å². The maximum Gasteiger partial charge on any atom is 0.257 e. The fourth-order valence-electron chi connectivity index (χ4n) is 1.47. The minimum atomic E-state index is -0.299. The molecule has 0 radical (unpaired) electrons. The molecule has 0 fully saturated rings. The molecule has 2 aromatic rings. The molecule has 18 heavy (non-hydrogen) atoms. The fraction of sp³-hybridized carbons (Fsp3) is 0. The summed E-state index contributed by atoms with van der Waals surface area (Å²) >= 11 is 3.28. The number of hydrogen-bond acceptors (Lipinski definition) is 4. The Bertz CT molecular complexity index is 600. The Morgan fingerprint density at radius 1 is 1.22 bits per heavy atom. The molecule has 1 heterocycles. The number of amides is 1. The maximum atomic E-state index is 12.0. The SMILES string of the molecule is Nc1ccc(C(=O)Nc2cncc(Br)c2)c(N)c1. The molecule has 92 valence electrons. The third kappa shape index (κ3) is 2.78. The summed E-state index contributed by atoms with van der Waals surface area (Å²) in [5, 5.41) is 2.71. The molecule has 1 amide bonds. The van der Waals surface area contributed by atoms with Gasteiger partial charge in [0.25, 0.3) is 5.91 Å². The Hall–Kier alpha value is -2.08. The summed E-state index contributed by atoms with van der Waals surface area (Å²) < 4.78 is 0.783. The number of nitrogens with two attached hydrogens (primary N) is 2. The van der Waals surface area contributed by atoms with E-state index in [-0.39, 0.29) is 5.91 Å². The lowest BCUT2D eigenvalue weighted by Gasteiger charge is -2.08. The maximum absolute atomic E-state index is 12.0. The third-order valence-electron chi connectivity index (χ3n) is 2.28. The highest BCUT2D eigenvalue weighted by molar-refractivity contribution is 9.10. The van der Waals surface area contributed by atoms with Crippen molar-refractivity contribution in [3.8, 4) is 0 Å². The number of carbonyl (C=O) groups is 1. The zero-order valence-electron chi connectivity index (χ0n) is 9.35. The summed E-state index contributed by atoms with van der Waals surface area (Å²) in [6.45, 7) is 0. The van der Waals surface area contributed by atoms with E-state index in [1.165, 1.54) is 0 Å². The second-order valence-electron chi connectivity index (χ2n) is 3.69. The number of halogens is 1. The highest BCUT2D eigenvalue weighted by Gasteiger charge is 2.10. The van der Waals surface area contributed by atoms with Crippen LogP contribution in [0.5, 0.6) is 0 Å². The van der Waals surface area contributed by atoms with E-state index in [0.29, 0.717) is 22.6 Å². The van der Waals surface area contributed by atoms with Gasteiger partial charge in [-0.2, -0.15) is 0 Å². The number of anilines is 3. The number of rotatable bonds is 2. The first kappa shape index (κ1) is 12.4. The first-order valence-corrected chi connectivity index (χ1v) is 5.92. The van der Waals surface area contributed by atoms with E-state index in [0.717, 1.165) is 4.47 Å². The summed E-state index contributed by atoms with van der Waals surface area (Å²) in [7, 11) is 0. The van der Waals surface area contributed by atoms with E-state index in [1.807, 2.05) is 0 Å². The molecule has 6 heteroatoms. The van der Waals surface area contributed by atoms with Gasteiger partial charge in [-0.05, 0) is 40.2 Å². The molecule has 1 aromatic carbocycles. The Balaban J connectivity index is 2.22. The highest BCUT2D eigenvalue weighted by Crippen LogP contribution is 2.19. The Kier molecular flexibility index (Phi) is 3.47. The molecule has 0 atom stereocenters. The van der Waals surface area contributed by atoms with Gasteiger partial charge in [-0.25, -0.2) is 0 Å². The smallest absolute Gasteiger partial charge is 0.257 e. The van der Waals surface area contributed by atoms with Crippen LogP contribution >= 0.6 is 15.9 Å². The average molecular weight is 307 g/mol. The first-order valence-electron chi connectivity index (χ1n) is 5.13. The minimum Gasteiger partial charge on any atom is -0.399 e. The second kappa shape index (κ2) is 5.05. The summed E-state index contributed by atoms with van der Waals surface area (Å²) in [6, 6.07) is 6.52. The average Bonchev–Trinajstić information content (AvgIpc) is 2.28. The zero-order chi connectivity index (χ0) is 13.1. The zero-order valence-corrected chi connectivity index (χ0v) is 10.9. The molecule has 0 aliphatic rings. The van der Waals surface area contributed by atoms with Gasteiger partial charge < -0.3 is 16.8 Å². The van der Waals surface area contributed by atoms with Crippen molar-refractivity contribution >= 4 is 38.9 Å². The van der Waals surface area contributed by atoms with E-state index < -0.39 is 0 Å². The van der Waals surface area contributed by atoms with E-state index in [1.54, 1.807) is 36.7 Å². The number of benzene rings is 1. The number of hydrogen-bond donors (Lipinski definition) is 3. The molecule has 0 bridgehead atoms. The predicted octanol–water partition coefficient (Wildman–Crippen LogP) is 2.26. The molecule has 5 N–H and O–H groups in total. The van der Waals surface area contributed by atoms with Gasteiger partial charge >= 0.3 is 0 Å². The van der Waals surface area contributed by atoms with Crippen molar-refractivity contribution in [2.45, 2.75) is 0 Å². The van der Waals surface area contributed by atoms with Crippen LogP contribution in [0, 0.1) is 0 Å². The largest absolute Gasteiger partial charge is 0.399 e. The molecule has 1 aromatic heterocycles. The number of carbonyl (C=O) groups excluding carboxylic acids is 1. The molecule has 2 rings (SSSR count). The first-order chi connectivity index (χ1) is 8.56. The molecule has 0 aliphatic heterocycles. The van der Waals surface area contributed by atoms with Crippen molar-refractivity contribution in [2.75, 3.05) is 16.8 Å². The van der Waals surface area contributed by atoms with E-state index in [4.69, 9.17) is 11.5 Å². The molecular weight excluding hydrogens is 296 g/mol. The number of nitrogens with one attached hydrogen (secondary N) is 1. The van der Waals surface area contributed by atoms with Crippen molar-refractivity contribution in [2.24, 2.45) is 0 Å². The summed E-state index contributed by atoms with van der Waals surface area (Å²) in [6.07, 6.45) is 3.18. The topological polar surface area (TPSA) is 94.0 Å². The summed E-state index contributed by atoms with van der Waals surface area (Å²) in [5.74, 6) is -0.299. The summed E-state index contributed by atoms with van der Waals surface area (Å²) in [4.78, 5) is 15.9. The molecule has 0 unspecified atom stereocenters. The standard InChI is InChI=1S/C12H11BrN4O/c13-7-3-9(6-16-5-7)17-12(18)10-2-1-8(14)4-11(10)15/h1-6H,14-15H2,(H,17,18). The number of pyridine rings is 1. The highest BCUT2D eigenvalue weighted by atomic mass is 79.9. The number of nitrogen functional groups attached to an aromatic ring is 2. The molecule has 5 nitrogen and oxygen atoms in total. The third-order valence-corrected chi connectivity index (χ3v) is 2.72. The fourth-order valence-corrected chi connectivity index (χ4v) is 1.83. The minimum absolute atomic E-state index is 0.299. The Morgan fingerprint density at radius 2 is 2.00 bits per heavy atom. The van der Waals surface area contributed by atoms with Gasteiger partial charge in [-0.15, -0.1) is 0 Å². The van der Waals surface area contributed by atoms with Gasteiger partial charge in [0, 0.05) is 22.0 Å². The molecular formula is C12H11BrN4O. The van der Waals surface area contributed by atoms with E-state index >= 15 is 0 Å². The van der Waals surface area contributed by atoms with Crippen LogP contribution in [0.25, 0.3) is 0 Å². The van der Waals surface area contributed by atoms with E-state index in [9.17, 15) is 4.79 Å². The van der Waals surface area contributed by atoms with Crippen LogP contribution in [-0.2, 0) is 0 Å². The van der Waals surface area contributed by atoms with Gasteiger partial charge in [-0.3, -0.25) is 9.78 Å². The van der Waals surface area contributed by atoms with Gasteiger partial charge in [0.05, 0.1) is 17.4 Å². The van der Waals surface area contributed by atoms with Crippen LogP contribution in [0.3, 0.4) is 0 Å². The lowest BCUT2D eigenvalue weighted by atomic mass is 10.1. The van der Waals surface area contributed by atoms with Crippen LogP contribution in [0.1, 0.15) is 10.4 Å². The molecule has 0 spiro atoms. The second-order valence-corrected chi connectivity index (χ2v) is 4.61.